The van der Waals surface area contributed by atoms with Crippen LogP contribution in [-0.4, -0.2) is 46.9 Å². The van der Waals surface area contributed by atoms with E-state index in [9.17, 15) is 29.4 Å². The van der Waals surface area contributed by atoms with Crippen LogP contribution in [0, 0.1) is 0 Å². The summed E-state index contributed by atoms with van der Waals surface area (Å²) in [5, 5.41) is 35.4. The fraction of sp³-hybridized carbons (Fsp3) is 0.778. The molecule has 0 aliphatic carbocycles. The van der Waals surface area contributed by atoms with Crippen molar-refractivity contribution in [3.05, 3.63) is 0 Å². The van der Waals surface area contributed by atoms with Gasteiger partial charge >= 0.3 is 21.7 Å². The molecular formula is C18H34O8Ti. The van der Waals surface area contributed by atoms with Crippen LogP contribution in [0.2, 0.25) is 0 Å². The van der Waals surface area contributed by atoms with Crippen molar-refractivity contribution in [3.8, 4) is 0 Å². The maximum atomic E-state index is 10.2. The molecule has 0 aromatic heterocycles. The summed E-state index contributed by atoms with van der Waals surface area (Å²) in [6, 6.07) is 0. The van der Waals surface area contributed by atoms with E-state index < -0.39 is 24.8 Å². The third kappa shape index (κ3) is 58.8. The first-order chi connectivity index (χ1) is 12.2. The SMILES string of the molecule is CCC(=O)CC(=O)[O-].CCC(=O)CC(=O)[O-].CCCCO.CCCCO.[Ti+2]. The smallest absolute Gasteiger partial charge is 0.550 e. The van der Waals surface area contributed by atoms with Gasteiger partial charge in [-0.2, -0.15) is 0 Å². The van der Waals surface area contributed by atoms with Gasteiger partial charge in [0.2, 0.25) is 0 Å². The number of ketones is 2. The number of aliphatic carboxylic acids is 2. The summed E-state index contributed by atoms with van der Waals surface area (Å²) in [6.45, 7) is 8.02. The van der Waals surface area contributed by atoms with Gasteiger partial charge in [0.15, 0.2) is 0 Å². The average Bonchev–Trinajstić information content (AvgIpc) is 2.56. The first kappa shape index (κ1) is 36.8. The molecule has 0 radical (unpaired) electrons. The Hall–Kier alpha value is -1.09. The predicted molar refractivity (Wildman–Crippen MR) is 93.8 cm³/mol. The molecule has 0 atom stereocenters. The van der Waals surface area contributed by atoms with Gasteiger partial charge in [0.25, 0.3) is 0 Å². The van der Waals surface area contributed by atoms with Gasteiger partial charge in [-0.25, -0.2) is 0 Å². The minimum absolute atomic E-state index is 0. The molecule has 2 N–H and O–H groups in total. The van der Waals surface area contributed by atoms with E-state index in [0.717, 1.165) is 25.7 Å². The minimum Gasteiger partial charge on any atom is -0.550 e. The molecule has 0 saturated heterocycles. The third-order valence-electron chi connectivity index (χ3n) is 2.50. The number of hydrogen-bond acceptors (Lipinski definition) is 8. The number of carbonyl (C=O) groups excluding carboxylic acids is 4. The van der Waals surface area contributed by atoms with Crippen LogP contribution in [0.15, 0.2) is 0 Å². The number of rotatable bonds is 10. The topological polar surface area (TPSA) is 155 Å². The molecule has 0 fully saturated rings. The van der Waals surface area contributed by atoms with Crippen molar-refractivity contribution < 1.29 is 61.3 Å². The number of carboxylic acids is 2. The maximum Gasteiger partial charge on any atom is 2.00 e. The van der Waals surface area contributed by atoms with Crippen molar-refractivity contribution in [1.82, 2.24) is 0 Å². The quantitative estimate of drug-likeness (QED) is 0.358. The monoisotopic (exact) mass is 426 g/mol. The van der Waals surface area contributed by atoms with Crippen LogP contribution in [-0.2, 0) is 40.9 Å². The summed E-state index contributed by atoms with van der Waals surface area (Å²) in [5.74, 6) is -3.16. The molecule has 0 bridgehead atoms. The molecular weight excluding hydrogens is 392 g/mol. The maximum absolute atomic E-state index is 10.2. The van der Waals surface area contributed by atoms with Gasteiger partial charge in [0.05, 0.1) is 0 Å². The van der Waals surface area contributed by atoms with Crippen LogP contribution >= 0.6 is 0 Å². The number of Topliss-reactive ketones (excluding diaryl/α,β-unsaturated/α-hetero) is 2. The Morgan fingerprint density at radius 1 is 0.667 bits per heavy atom. The number of hydrogen-bond donors (Lipinski definition) is 2. The second-order valence-corrected chi connectivity index (χ2v) is 5.04. The van der Waals surface area contributed by atoms with Gasteiger partial charge < -0.3 is 30.0 Å². The van der Waals surface area contributed by atoms with Crippen molar-refractivity contribution in [2.24, 2.45) is 0 Å². The molecule has 0 amide bonds. The number of unbranched alkanes of at least 4 members (excludes halogenated alkanes) is 2. The van der Waals surface area contributed by atoms with E-state index in [1.807, 2.05) is 0 Å². The largest absolute Gasteiger partial charge is 2.00 e. The molecule has 0 heterocycles. The zero-order valence-corrected chi connectivity index (χ0v) is 18.5. The van der Waals surface area contributed by atoms with Gasteiger partial charge in [-0.1, -0.05) is 40.5 Å². The number of aliphatic hydroxyl groups excluding tert-OH is 2. The van der Waals surface area contributed by atoms with Crippen LogP contribution in [0.1, 0.15) is 79.1 Å². The molecule has 9 heteroatoms. The Bertz CT molecular complexity index is 321. The third-order valence-corrected chi connectivity index (χ3v) is 2.50. The van der Waals surface area contributed by atoms with E-state index in [2.05, 4.69) is 13.8 Å². The fourth-order valence-corrected chi connectivity index (χ4v) is 0.888. The van der Waals surface area contributed by atoms with Crippen molar-refractivity contribution in [3.63, 3.8) is 0 Å². The number of aliphatic hydroxyl groups is 2. The molecule has 0 saturated carbocycles. The van der Waals surface area contributed by atoms with Gasteiger partial charge in [0, 0.05) is 50.8 Å². The second kappa shape index (κ2) is 32.6. The standard InChI is InChI=1S/2C5H8O3.2C4H10O.Ti/c2*1-2-4(6)3-5(7)8;2*1-2-3-4-5;/h2*2-3H2,1H3,(H,7,8);2*5H,2-4H2,1H3;/q;;;;+2/p-2. The van der Waals surface area contributed by atoms with E-state index in [1.165, 1.54) is 0 Å². The molecule has 0 unspecified atom stereocenters. The van der Waals surface area contributed by atoms with Crippen LogP contribution in [0.4, 0.5) is 0 Å². The molecule has 0 aliphatic rings. The van der Waals surface area contributed by atoms with Crippen LogP contribution < -0.4 is 10.2 Å². The van der Waals surface area contributed by atoms with Gasteiger partial charge in [0.1, 0.15) is 11.6 Å². The molecule has 8 nitrogen and oxygen atoms in total. The van der Waals surface area contributed by atoms with Crippen LogP contribution in [0.25, 0.3) is 0 Å². The first-order valence-electron chi connectivity index (χ1n) is 8.81. The first-order valence-corrected chi connectivity index (χ1v) is 8.81. The zero-order chi connectivity index (χ0) is 21.4. The fourth-order valence-electron chi connectivity index (χ4n) is 0.888. The van der Waals surface area contributed by atoms with Crippen LogP contribution in [0.3, 0.4) is 0 Å². The van der Waals surface area contributed by atoms with Gasteiger partial charge in [-0.05, 0) is 12.8 Å². The molecule has 0 aliphatic heterocycles. The summed E-state index contributed by atoms with van der Waals surface area (Å²) in [6.07, 6.45) is 3.72. The summed E-state index contributed by atoms with van der Waals surface area (Å²) in [5.41, 5.74) is 0. The van der Waals surface area contributed by atoms with E-state index >= 15 is 0 Å². The Morgan fingerprint density at radius 3 is 0.963 bits per heavy atom. The normalized spacial score (nSPS) is 8.22. The molecule has 158 valence electrons. The van der Waals surface area contributed by atoms with E-state index in [4.69, 9.17) is 10.2 Å². The van der Waals surface area contributed by atoms with Crippen molar-refractivity contribution in [2.45, 2.75) is 79.1 Å². The van der Waals surface area contributed by atoms with Gasteiger partial charge in [-0.3, -0.25) is 9.59 Å². The van der Waals surface area contributed by atoms with Crippen LogP contribution in [0.5, 0.6) is 0 Å². The number of carbonyl (C=O) groups is 4. The minimum atomic E-state index is -1.29. The predicted octanol–water partition coefficient (Wildman–Crippen LogP) is -0.234. The zero-order valence-electron chi connectivity index (χ0n) is 16.9. The van der Waals surface area contributed by atoms with Crippen molar-refractivity contribution in [1.29, 1.82) is 0 Å². The number of carboxylic acid groups (broad SMARTS) is 2. The molecule has 0 spiro atoms. The van der Waals surface area contributed by atoms with E-state index in [0.29, 0.717) is 13.2 Å². The second-order valence-electron chi connectivity index (χ2n) is 5.04. The van der Waals surface area contributed by atoms with E-state index in [-0.39, 0.29) is 46.1 Å². The summed E-state index contributed by atoms with van der Waals surface area (Å²) in [7, 11) is 0. The molecule has 0 rings (SSSR count). The summed E-state index contributed by atoms with van der Waals surface area (Å²) < 4.78 is 0. The Balaban J connectivity index is -0.0000000807. The summed E-state index contributed by atoms with van der Waals surface area (Å²) in [4.78, 5) is 39.7. The average molecular weight is 426 g/mol. The van der Waals surface area contributed by atoms with Crippen molar-refractivity contribution in [2.75, 3.05) is 13.2 Å². The Morgan fingerprint density at radius 2 is 0.926 bits per heavy atom. The molecule has 27 heavy (non-hydrogen) atoms. The van der Waals surface area contributed by atoms with E-state index in [1.54, 1.807) is 13.8 Å². The van der Waals surface area contributed by atoms with Gasteiger partial charge in [-0.15, -0.1) is 0 Å². The summed E-state index contributed by atoms with van der Waals surface area (Å²) >= 11 is 0. The Kier molecular flexibility index (Phi) is 44.4. The van der Waals surface area contributed by atoms with Crippen molar-refractivity contribution >= 4 is 23.5 Å². The molecule has 0 aromatic carbocycles. The Labute approximate surface area is 177 Å². The molecule has 0 aromatic rings.